The number of hydrazine groups is 1. The minimum Gasteiger partial charge on any atom is -0.452 e. The Morgan fingerprint density at radius 3 is 2.15 bits per heavy atom. The first-order valence-corrected chi connectivity index (χ1v) is 20.3. The van der Waals surface area contributed by atoms with E-state index >= 15 is 0 Å². The van der Waals surface area contributed by atoms with Gasteiger partial charge < -0.3 is 25.0 Å². The number of carbonyl (C=O) groups is 4. The number of amides is 6. The molecule has 3 unspecified atom stereocenters. The number of hydrogen-bond acceptors (Lipinski definition) is 9. The number of urea groups is 2. The summed E-state index contributed by atoms with van der Waals surface area (Å²) in [6.07, 6.45) is 1.68. The number of aromatic nitrogens is 2. The van der Waals surface area contributed by atoms with Crippen molar-refractivity contribution in [3.05, 3.63) is 120 Å². The van der Waals surface area contributed by atoms with Crippen LogP contribution in [0.3, 0.4) is 0 Å². The minimum atomic E-state index is -1.24. The van der Waals surface area contributed by atoms with Crippen LogP contribution in [0.25, 0.3) is 11.3 Å². The number of ether oxygens (including phenoxy) is 1. The van der Waals surface area contributed by atoms with Crippen LogP contribution in [-0.4, -0.2) is 110 Å². The Morgan fingerprint density at radius 1 is 0.867 bits per heavy atom. The Morgan fingerprint density at radius 2 is 1.55 bits per heavy atom. The van der Waals surface area contributed by atoms with Crippen molar-refractivity contribution in [3.63, 3.8) is 0 Å². The first-order chi connectivity index (χ1) is 28.4. The molecule has 4 aromatic rings. The topological polar surface area (TPSA) is 161 Å². The van der Waals surface area contributed by atoms with Gasteiger partial charge >= 0.3 is 18.2 Å². The van der Waals surface area contributed by atoms with Gasteiger partial charge in [-0.15, -0.1) is 0 Å². The Labute approximate surface area is 353 Å². The molecule has 0 radical (unpaired) electrons. The molecule has 2 aromatic heterocycles. The Hall–Kier alpha value is -5.86. The average molecular weight is 821 g/mol. The molecule has 1 fully saturated rings. The first-order valence-electron chi connectivity index (χ1n) is 20.3. The maximum Gasteiger partial charge on any atom is 0.417 e. The third-order valence-electron chi connectivity index (χ3n) is 10.2. The molecule has 60 heavy (non-hydrogen) atoms. The van der Waals surface area contributed by atoms with E-state index in [0.29, 0.717) is 19.6 Å². The smallest absolute Gasteiger partial charge is 0.417 e. The van der Waals surface area contributed by atoms with Gasteiger partial charge in [-0.3, -0.25) is 20.2 Å². The van der Waals surface area contributed by atoms with Crippen LogP contribution in [-0.2, 0) is 29.0 Å². The molecule has 2 aromatic carbocycles. The number of nitrogens with one attached hydrogen (secondary N) is 2. The molecule has 0 bridgehead atoms. The zero-order valence-electron chi connectivity index (χ0n) is 36.1. The van der Waals surface area contributed by atoms with Crippen molar-refractivity contribution in [1.82, 2.24) is 40.4 Å². The molecule has 0 spiro atoms. The molecule has 1 aliphatic heterocycles. The van der Waals surface area contributed by atoms with E-state index in [0.717, 1.165) is 38.5 Å². The highest BCUT2D eigenvalue weighted by molar-refractivity contribution is 5.91. The first kappa shape index (κ1) is 45.2. The van der Waals surface area contributed by atoms with Crippen LogP contribution in [0.2, 0.25) is 0 Å². The lowest BCUT2D eigenvalue weighted by Gasteiger charge is -2.38. The molecule has 1 aliphatic rings. The summed E-state index contributed by atoms with van der Waals surface area (Å²) in [4.78, 5) is 68.4. The third-order valence-corrected chi connectivity index (χ3v) is 10.2. The van der Waals surface area contributed by atoms with E-state index in [4.69, 9.17) is 4.74 Å². The van der Waals surface area contributed by atoms with Gasteiger partial charge in [-0.05, 0) is 59.1 Å². The summed E-state index contributed by atoms with van der Waals surface area (Å²) in [7, 11) is 1.21. The molecule has 0 saturated carbocycles. The summed E-state index contributed by atoms with van der Waals surface area (Å²) in [5.74, 6) is -0.405. The molecule has 14 heteroatoms. The zero-order valence-corrected chi connectivity index (χ0v) is 36.1. The lowest BCUT2D eigenvalue weighted by molar-refractivity contribution is -0.130. The van der Waals surface area contributed by atoms with Gasteiger partial charge in [0.25, 0.3) is 0 Å². The van der Waals surface area contributed by atoms with Crippen molar-refractivity contribution in [2.75, 3.05) is 33.3 Å². The van der Waals surface area contributed by atoms with Crippen LogP contribution < -0.4 is 10.7 Å². The molecule has 3 N–H and O–H groups in total. The molecule has 3 atom stereocenters. The van der Waals surface area contributed by atoms with Crippen molar-refractivity contribution >= 4 is 24.1 Å². The number of imide groups is 1. The number of aliphatic hydroxyl groups is 1. The van der Waals surface area contributed by atoms with Gasteiger partial charge in [0.15, 0.2) is 0 Å². The fraction of sp³-hybridized carbons (Fsp3) is 0.435. The molecule has 1 saturated heterocycles. The lowest BCUT2D eigenvalue weighted by Crippen LogP contribution is -2.60. The maximum absolute atomic E-state index is 14.6. The number of hydrogen-bond donors (Lipinski definition) is 3. The largest absolute Gasteiger partial charge is 0.452 e. The molecule has 14 nitrogen and oxygen atoms in total. The second kappa shape index (κ2) is 19.9. The fourth-order valence-electron chi connectivity index (χ4n) is 7.25. The number of pyridine rings is 2. The lowest BCUT2D eigenvalue weighted by atomic mass is 9.84. The molecule has 6 amide bonds. The molecule has 5 rings (SSSR count). The van der Waals surface area contributed by atoms with Crippen molar-refractivity contribution in [3.8, 4) is 11.3 Å². The van der Waals surface area contributed by atoms with Gasteiger partial charge in [0.05, 0.1) is 24.9 Å². The van der Waals surface area contributed by atoms with Gasteiger partial charge in [-0.2, -0.15) is 0 Å². The summed E-state index contributed by atoms with van der Waals surface area (Å²) < 4.78 is 4.98. The number of rotatable bonds is 15. The monoisotopic (exact) mass is 820 g/mol. The standard InChI is InChI=1S/C46H60N8O6/c1-32-17-18-35(27-48-32)28-51-24-25-53(43(51)58)40(46(5,6)7)41(56)49-38(26-33-14-10-9-11-15-33)39(55)30-52(50-42(57)54(44(59)60-8)31-45(2,3)4)29-34-19-21-36(22-20-34)37-16-12-13-23-47-37/h9-23,27,38-40,55H,24-26,28-31H2,1-8H3,(H,49,56)(H,50,57). The highest BCUT2D eigenvalue weighted by Crippen LogP contribution is 2.29. The van der Waals surface area contributed by atoms with Crippen LogP contribution >= 0.6 is 0 Å². The second-order valence-electron chi connectivity index (χ2n) is 17.7. The predicted molar refractivity (Wildman–Crippen MR) is 230 cm³/mol. The third kappa shape index (κ3) is 12.6. The van der Waals surface area contributed by atoms with Crippen molar-refractivity contribution in [1.29, 1.82) is 0 Å². The quantitative estimate of drug-likeness (QED) is 0.115. The fourth-order valence-corrected chi connectivity index (χ4v) is 7.25. The van der Waals surface area contributed by atoms with Crippen LogP contribution in [0, 0.1) is 17.8 Å². The average Bonchev–Trinajstić information content (AvgIpc) is 3.55. The van der Waals surface area contributed by atoms with Crippen molar-refractivity contribution in [2.45, 2.75) is 86.2 Å². The van der Waals surface area contributed by atoms with Gasteiger partial charge in [0, 0.05) is 62.9 Å². The minimum absolute atomic E-state index is 0.0656. The highest BCUT2D eigenvalue weighted by atomic mass is 16.5. The van der Waals surface area contributed by atoms with Gasteiger partial charge in [-0.1, -0.05) is 108 Å². The summed E-state index contributed by atoms with van der Waals surface area (Å²) in [6.45, 7) is 14.6. The van der Waals surface area contributed by atoms with E-state index in [-0.39, 0.29) is 32.1 Å². The number of methoxy groups -OCH3 is 1. The van der Waals surface area contributed by atoms with Gasteiger partial charge in [-0.25, -0.2) is 24.3 Å². The Kier molecular flexibility index (Phi) is 15.0. The van der Waals surface area contributed by atoms with E-state index in [1.54, 1.807) is 22.2 Å². The van der Waals surface area contributed by atoms with Crippen LogP contribution in [0.4, 0.5) is 14.4 Å². The zero-order chi connectivity index (χ0) is 43.6. The normalized spacial score (nSPS) is 14.7. The summed E-state index contributed by atoms with van der Waals surface area (Å²) >= 11 is 0. The SMILES string of the molecule is COC(=O)N(CC(C)(C)C)C(=O)NN(Cc1ccc(-c2ccccn2)cc1)CC(O)C(Cc1ccccc1)NC(=O)C(N1CCN(Cc2ccc(C)nc2)C1=O)C(C)(C)C. The number of aliphatic hydroxyl groups excluding tert-OH is 1. The molecular formula is C46H60N8O6. The molecule has 3 heterocycles. The van der Waals surface area contributed by atoms with Gasteiger partial charge in [0.2, 0.25) is 5.91 Å². The van der Waals surface area contributed by atoms with E-state index in [2.05, 4.69) is 20.7 Å². The van der Waals surface area contributed by atoms with E-state index < -0.39 is 47.0 Å². The summed E-state index contributed by atoms with van der Waals surface area (Å²) in [5, 5.41) is 16.8. The number of nitrogens with zero attached hydrogens (tertiary/aromatic N) is 6. The summed E-state index contributed by atoms with van der Waals surface area (Å²) in [5.41, 5.74) is 6.89. The number of carbonyl (C=O) groups excluding carboxylic acids is 4. The van der Waals surface area contributed by atoms with E-state index in [9.17, 15) is 24.3 Å². The van der Waals surface area contributed by atoms with Crippen LogP contribution in [0.15, 0.2) is 97.3 Å². The van der Waals surface area contributed by atoms with E-state index in [1.807, 2.05) is 133 Å². The van der Waals surface area contributed by atoms with Crippen LogP contribution in [0.1, 0.15) is 63.9 Å². The number of aryl methyl sites for hydroxylation is 1. The Bertz CT molecular complexity index is 2040. The van der Waals surface area contributed by atoms with Crippen molar-refractivity contribution in [2.24, 2.45) is 10.8 Å². The van der Waals surface area contributed by atoms with Crippen molar-refractivity contribution < 1.29 is 29.0 Å². The number of benzene rings is 2. The molecule has 320 valence electrons. The molecular weight excluding hydrogens is 761 g/mol. The molecule has 0 aliphatic carbocycles. The maximum atomic E-state index is 14.6. The Balaban J connectivity index is 1.41. The predicted octanol–water partition coefficient (Wildman–Crippen LogP) is 6.43. The van der Waals surface area contributed by atoms with Gasteiger partial charge in [0.1, 0.15) is 6.04 Å². The van der Waals surface area contributed by atoms with E-state index in [1.165, 1.54) is 12.1 Å². The van der Waals surface area contributed by atoms with Crippen LogP contribution in [0.5, 0.6) is 0 Å². The highest BCUT2D eigenvalue weighted by Gasteiger charge is 2.44. The summed E-state index contributed by atoms with van der Waals surface area (Å²) in [6, 6.07) is 24.0. The second-order valence-corrected chi connectivity index (χ2v) is 17.7.